The maximum Gasteiger partial charge on any atom is 0.0170 e. The van der Waals surface area contributed by atoms with E-state index in [2.05, 4.69) is 31.9 Å². The molecule has 0 radical (unpaired) electrons. The van der Waals surface area contributed by atoms with Gasteiger partial charge in [0.05, 0.1) is 0 Å². The number of hydrogen-bond acceptors (Lipinski definition) is 2. The first-order chi connectivity index (χ1) is 6.60. The summed E-state index contributed by atoms with van der Waals surface area (Å²) in [4.78, 5) is 2.26. The van der Waals surface area contributed by atoms with Crippen LogP contribution < -0.4 is 5.73 Å². The van der Waals surface area contributed by atoms with Crippen molar-refractivity contribution in [1.29, 1.82) is 0 Å². The van der Waals surface area contributed by atoms with E-state index < -0.39 is 0 Å². The van der Waals surface area contributed by atoms with Gasteiger partial charge in [0.25, 0.3) is 0 Å². The summed E-state index contributed by atoms with van der Waals surface area (Å²) in [5.74, 6) is 0.666. The molecule has 0 aliphatic heterocycles. The summed E-state index contributed by atoms with van der Waals surface area (Å²) in [6, 6.07) is 0.259. The third kappa shape index (κ3) is 6.87. The number of nitrogens with zero attached hydrogens (tertiary/aromatic N) is 1. The second kappa shape index (κ2) is 7.77. The molecule has 0 aromatic carbocycles. The van der Waals surface area contributed by atoms with Gasteiger partial charge in [0.1, 0.15) is 0 Å². The van der Waals surface area contributed by atoms with Crippen molar-refractivity contribution >= 4 is 0 Å². The van der Waals surface area contributed by atoms with Gasteiger partial charge in [-0.05, 0) is 12.3 Å². The Morgan fingerprint density at radius 1 is 1.21 bits per heavy atom. The molecule has 0 aromatic heterocycles. The van der Waals surface area contributed by atoms with Crippen molar-refractivity contribution in [2.45, 2.75) is 26.3 Å². The molecule has 0 aliphatic rings. The highest BCUT2D eigenvalue weighted by Gasteiger charge is 2.09. The number of hydrogen-bond donors (Lipinski definition) is 1. The van der Waals surface area contributed by atoms with Crippen molar-refractivity contribution in [3.63, 3.8) is 0 Å². The Morgan fingerprint density at radius 2 is 1.71 bits per heavy atom. The van der Waals surface area contributed by atoms with Gasteiger partial charge in [-0.3, -0.25) is 4.90 Å². The Balaban J connectivity index is 3.87. The summed E-state index contributed by atoms with van der Waals surface area (Å²) in [5.41, 5.74) is 6.03. The Kier molecular flexibility index (Phi) is 7.44. The molecule has 1 atom stereocenters. The highest BCUT2D eigenvalue weighted by Crippen LogP contribution is 2.04. The summed E-state index contributed by atoms with van der Waals surface area (Å²) in [7, 11) is 0. The lowest BCUT2D eigenvalue weighted by molar-refractivity contribution is 0.293. The molecule has 0 amide bonds. The van der Waals surface area contributed by atoms with Gasteiger partial charge in [-0.15, -0.1) is 13.2 Å². The first kappa shape index (κ1) is 13.4. The third-order valence-corrected chi connectivity index (χ3v) is 2.04. The van der Waals surface area contributed by atoms with E-state index >= 15 is 0 Å². The summed E-state index contributed by atoms with van der Waals surface area (Å²) in [5, 5.41) is 0. The van der Waals surface area contributed by atoms with E-state index in [1.807, 2.05) is 12.2 Å². The molecular weight excluding hydrogens is 172 g/mol. The van der Waals surface area contributed by atoms with Crippen LogP contribution in [0.1, 0.15) is 20.3 Å². The zero-order chi connectivity index (χ0) is 11.0. The van der Waals surface area contributed by atoms with E-state index in [9.17, 15) is 0 Å². The monoisotopic (exact) mass is 196 g/mol. The van der Waals surface area contributed by atoms with Gasteiger partial charge in [-0.25, -0.2) is 0 Å². The van der Waals surface area contributed by atoms with Crippen molar-refractivity contribution in [2.24, 2.45) is 11.7 Å². The summed E-state index contributed by atoms with van der Waals surface area (Å²) < 4.78 is 0. The van der Waals surface area contributed by atoms with Gasteiger partial charge in [-0.1, -0.05) is 26.0 Å². The van der Waals surface area contributed by atoms with Gasteiger partial charge in [0, 0.05) is 25.7 Å². The minimum absolute atomic E-state index is 0.259. The Hall–Kier alpha value is -0.600. The maximum atomic E-state index is 6.03. The van der Waals surface area contributed by atoms with E-state index in [1.165, 1.54) is 0 Å². The van der Waals surface area contributed by atoms with Crippen LogP contribution in [0.15, 0.2) is 25.3 Å². The van der Waals surface area contributed by atoms with Crippen LogP contribution in [-0.4, -0.2) is 30.6 Å². The minimum Gasteiger partial charge on any atom is -0.327 e. The van der Waals surface area contributed by atoms with E-state index in [4.69, 9.17) is 5.73 Å². The number of nitrogens with two attached hydrogens (primary N) is 1. The molecule has 2 heteroatoms. The molecule has 0 unspecified atom stereocenters. The van der Waals surface area contributed by atoms with Crippen LogP contribution >= 0.6 is 0 Å². The molecule has 0 heterocycles. The van der Waals surface area contributed by atoms with Crippen LogP contribution in [0.4, 0.5) is 0 Å². The summed E-state index contributed by atoms with van der Waals surface area (Å²) in [6.45, 7) is 14.6. The molecule has 0 rings (SSSR count). The maximum absolute atomic E-state index is 6.03. The highest BCUT2D eigenvalue weighted by atomic mass is 15.1. The van der Waals surface area contributed by atoms with Crippen LogP contribution in [0.25, 0.3) is 0 Å². The molecule has 0 fully saturated rings. The molecule has 0 spiro atoms. The van der Waals surface area contributed by atoms with E-state index in [1.54, 1.807) is 0 Å². The van der Waals surface area contributed by atoms with Gasteiger partial charge in [0.2, 0.25) is 0 Å². The fourth-order valence-electron chi connectivity index (χ4n) is 1.60. The SMILES string of the molecule is C=CCN(CC=C)C[C@@H](N)CC(C)C. The van der Waals surface area contributed by atoms with Gasteiger partial charge < -0.3 is 5.73 Å². The van der Waals surface area contributed by atoms with E-state index in [0.29, 0.717) is 5.92 Å². The molecule has 0 saturated heterocycles. The normalized spacial score (nSPS) is 13.2. The Bertz CT molecular complexity index is 154. The molecular formula is C12H24N2. The van der Waals surface area contributed by atoms with Crippen LogP contribution in [0.3, 0.4) is 0 Å². The molecule has 0 bridgehead atoms. The zero-order valence-corrected chi connectivity index (χ0v) is 9.58. The molecule has 82 valence electrons. The smallest absolute Gasteiger partial charge is 0.0170 e. The first-order valence-corrected chi connectivity index (χ1v) is 5.29. The lowest BCUT2D eigenvalue weighted by Crippen LogP contribution is -2.38. The minimum atomic E-state index is 0.259. The number of rotatable bonds is 8. The van der Waals surface area contributed by atoms with Crippen molar-refractivity contribution < 1.29 is 0 Å². The van der Waals surface area contributed by atoms with Crippen LogP contribution in [0.2, 0.25) is 0 Å². The molecule has 2 N–H and O–H groups in total. The highest BCUT2D eigenvalue weighted by molar-refractivity contribution is 4.82. The van der Waals surface area contributed by atoms with Crippen molar-refractivity contribution in [2.75, 3.05) is 19.6 Å². The lowest BCUT2D eigenvalue weighted by Gasteiger charge is -2.23. The summed E-state index contributed by atoms with van der Waals surface area (Å²) >= 11 is 0. The second-order valence-corrected chi connectivity index (χ2v) is 4.19. The predicted octanol–water partition coefficient (Wildman–Crippen LogP) is 2.03. The van der Waals surface area contributed by atoms with Gasteiger partial charge in [-0.2, -0.15) is 0 Å². The van der Waals surface area contributed by atoms with Crippen LogP contribution in [0.5, 0.6) is 0 Å². The van der Waals surface area contributed by atoms with Crippen molar-refractivity contribution in [3.8, 4) is 0 Å². The van der Waals surface area contributed by atoms with Gasteiger partial charge in [0.15, 0.2) is 0 Å². The molecule has 0 aliphatic carbocycles. The van der Waals surface area contributed by atoms with Crippen molar-refractivity contribution in [3.05, 3.63) is 25.3 Å². The average Bonchev–Trinajstić information content (AvgIpc) is 2.03. The Labute approximate surface area is 88.5 Å². The topological polar surface area (TPSA) is 29.3 Å². The zero-order valence-electron chi connectivity index (χ0n) is 9.58. The summed E-state index contributed by atoms with van der Waals surface area (Å²) in [6.07, 6.45) is 4.89. The van der Waals surface area contributed by atoms with Crippen LogP contribution in [0, 0.1) is 5.92 Å². The van der Waals surface area contributed by atoms with Crippen molar-refractivity contribution in [1.82, 2.24) is 4.90 Å². The fourth-order valence-corrected chi connectivity index (χ4v) is 1.60. The molecule has 14 heavy (non-hydrogen) atoms. The van der Waals surface area contributed by atoms with Crippen LogP contribution in [-0.2, 0) is 0 Å². The lowest BCUT2D eigenvalue weighted by atomic mass is 10.0. The average molecular weight is 196 g/mol. The van der Waals surface area contributed by atoms with E-state index in [-0.39, 0.29) is 6.04 Å². The fraction of sp³-hybridized carbons (Fsp3) is 0.667. The largest absolute Gasteiger partial charge is 0.327 e. The second-order valence-electron chi connectivity index (χ2n) is 4.19. The quantitative estimate of drug-likeness (QED) is 0.602. The standard InChI is InChI=1S/C12H24N2/c1-5-7-14(8-6-2)10-12(13)9-11(3)4/h5-6,11-12H,1-2,7-10,13H2,3-4H3/t12-/m0/s1. The van der Waals surface area contributed by atoms with Gasteiger partial charge >= 0.3 is 0 Å². The third-order valence-electron chi connectivity index (χ3n) is 2.04. The molecule has 0 aromatic rings. The predicted molar refractivity (Wildman–Crippen MR) is 64.3 cm³/mol. The molecule has 2 nitrogen and oxygen atoms in total. The molecule has 0 saturated carbocycles. The first-order valence-electron chi connectivity index (χ1n) is 5.29. The Morgan fingerprint density at radius 3 is 2.07 bits per heavy atom. The van der Waals surface area contributed by atoms with E-state index in [0.717, 1.165) is 26.1 Å².